The standard InChI is InChI=1S/C13H27N3O/c1-13(2)11(10-12(13)17)14-4-5-16-8-6-15(3)7-9-16/h11-12,14,17H,4-10H2,1-3H3. The van der Waals surface area contributed by atoms with Gasteiger partial charge in [0.25, 0.3) is 0 Å². The molecule has 0 aromatic rings. The van der Waals surface area contributed by atoms with E-state index in [0.717, 1.165) is 19.5 Å². The van der Waals surface area contributed by atoms with Crippen LogP contribution in [0.5, 0.6) is 0 Å². The van der Waals surface area contributed by atoms with Gasteiger partial charge in [-0.15, -0.1) is 0 Å². The molecular weight excluding hydrogens is 214 g/mol. The van der Waals surface area contributed by atoms with Gasteiger partial charge in [-0.3, -0.25) is 4.90 Å². The Balaban J connectivity index is 1.61. The summed E-state index contributed by atoms with van der Waals surface area (Å²) in [6, 6.07) is 0.491. The first-order valence-corrected chi connectivity index (χ1v) is 6.82. The SMILES string of the molecule is CN1CCN(CCNC2CC(O)C2(C)C)CC1. The van der Waals surface area contributed by atoms with Gasteiger partial charge in [-0.05, 0) is 13.5 Å². The number of likely N-dealkylation sites (N-methyl/N-ethyl adjacent to an activating group) is 1. The molecule has 1 saturated carbocycles. The molecule has 0 radical (unpaired) electrons. The summed E-state index contributed by atoms with van der Waals surface area (Å²) in [7, 11) is 2.19. The number of piperazine rings is 1. The maximum atomic E-state index is 9.67. The van der Waals surface area contributed by atoms with Crippen LogP contribution >= 0.6 is 0 Å². The minimum atomic E-state index is -0.122. The van der Waals surface area contributed by atoms with Gasteiger partial charge >= 0.3 is 0 Å². The third kappa shape index (κ3) is 2.99. The van der Waals surface area contributed by atoms with Crippen molar-refractivity contribution in [3.63, 3.8) is 0 Å². The molecule has 2 rings (SSSR count). The molecule has 1 aliphatic carbocycles. The van der Waals surface area contributed by atoms with Gasteiger partial charge in [0.15, 0.2) is 0 Å². The zero-order valence-electron chi connectivity index (χ0n) is 11.4. The van der Waals surface area contributed by atoms with Crippen molar-refractivity contribution in [1.29, 1.82) is 0 Å². The molecule has 2 fully saturated rings. The van der Waals surface area contributed by atoms with Crippen LogP contribution < -0.4 is 5.32 Å². The number of aliphatic hydroxyl groups is 1. The lowest BCUT2D eigenvalue weighted by Crippen LogP contribution is -2.61. The summed E-state index contributed by atoms with van der Waals surface area (Å²) in [5, 5.41) is 13.3. The number of hydrogen-bond donors (Lipinski definition) is 2. The second-order valence-electron chi connectivity index (χ2n) is 6.22. The molecular formula is C13H27N3O. The summed E-state index contributed by atoms with van der Waals surface area (Å²) in [5.41, 5.74) is 0.0577. The third-order valence-corrected chi connectivity index (χ3v) is 4.63. The first kappa shape index (κ1) is 13.3. The molecule has 0 aromatic carbocycles. The molecule has 17 heavy (non-hydrogen) atoms. The molecule has 0 amide bonds. The lowest BCUT2D eigenvalue weighted by Gasteiger charge is -2.50. The minimum Gasteiger partial charge on any atom is -0.392 e. The molecule has 2 unspecified atom stereocenters. The fourth-order valence-electron chi connectivity index (χ4n) is 2.72. The molecule has 4 nitrogen and oxygen atoms in total. The van der Waals surface area contributed by atoms with E-state index in [1.165, 1.54) is 26.2 Å². The average Bonchev–Trinajstić information content (AvgIpc) is 2.30. The Morgan fingerprint density at radius 2 is 1.88 bits per heavy atom. The predicted octanol–water partition coefficient (Wildman–Crippen LogP) is -0.0172. The van der Waals surface area contributed by atoms with Crippen LogP contribution in [0.25, 0.3) is 0 Å². The molecule has 100 valence electrons. The third-order valence-electron chi connectivity index (χ3n) is 4.63. The van der Waals surface area contributed by atoms with E-state index in [-0.39, 0.29) is 11.5 Å². The van der Waals surface area contributed by atoms with Crippen molar-refractivity contribution >= 4 is 0 Å². The molecule has 0 aromatic heterocycles. The highest BCUT2D eigenvalue weighted by Gasteiger charge is 2.46. The lowest BCUT2D eigenvalue weighted by atomic mass is 9.64. The normalized spacial score (nSPS) is 34.6. The molecule has 2 atom stereocenters. The van der Waals surface area contributed by atoms with Crippen molar-refractivity contribution in [3.05, 3.63) is 0 Å². The van der Waals surface area contributed by atoms with Crippen molar-refractivity contribution < 1.29 is 5.11 Å². The highest BCUT2D eigenvalue weighted by Crippen LogP contribution is 2.40. The highest BCUT2D eigenvalue weighted by atomic mass is 16.3. The number of nitrogens with one attached hydrogen (secondary N) is 1. The Morgan fingerprint density at radius 3 is 2.41 bits per heavy atom. The van der Waals surface area contributed by atoms with Crippen LogP contribution in [-0.2, 0) is 0 Å². The molecule has 4 heteroatoms. The summed E-state index contributed by atoms with van der Waals surface area (Å²) in [4.78, 5) is 4.91. The largest absolute Gasteiger partial charge is 0.392 e. The second-order valence-corrected chi connectivity index (χ2v) is 6.22. The van der Waals surface area contributed by atoms with Gasteiger partial charge in [-0.2, -0.15) is 0 Å². The predicted molar refractivity (Wildman–Crippen MR) is 70.1 cm³/mol. The van der Waals surface area contributed by atoms with E-state index in [0.29, 0.717) is 6.04 Å². The van der Waals surface area contributed by atoms with Crippen LogP contribution in [0.4, 0.5) is 0 Å². The summed E-state index contributed by atoms with van der Waals surface area (Å²) in [5.74, 6) is 0. The van der Waals surface area contributed by atoms with Crippen LogP contribution in [0.2, 0.25) is 0 Å². The zero-order chi connectivity index (χ0) is 12.5. The summed E-state index contributed by atoms with van der Waals surface area (Å²) < 4.78 is 0. The van der Waals surface area contributed by atoms with E-state index in [9.17, 15) is 5.11 Å². The van der Waals surface area contributed by atoms with Crippen LogP contribution in [0.1, 0.15) is 20.3 Å². The lowest BCUT2D eigenvalue weighted by molar-refractivity contribution is -0.0727. The molecule has 2 aliphatic rings. The quantitative estimate of drug-likeness (QED) is 0.726. The van der Waals surface area contributed by atoms with Gasteiger partial charge in [0.05, 0.1) is 6.10 Å². The Hall–Kier alpha value is -0.160. The van der Waals surface area contributed by atoms with E-state index >= 15 is 0 Å². The fraction of sp³-hybridized carbons (Fsp3) is 1.00. The van der Waals surface area contributed by atoms with E-state index in [2.05, 4.69) is 36.0 Å². The Labute approximate surface area is 105 Å². The van der Waals surface area contributed by atoms with Crippen molar-refractivity contribution in [1.82, 2.24) is 15.1 Å². The van der Waals surface area contributed by atoms with E-state index in [1.807, 2.05) is 0 Å². The average molecular weight is 241 g/mol. The van der Waals surface area contributed by atoms with Crippen molar-refractivity contribution in [2.24, 2.45) is 5.41 Å². The zero-order valence-corrected chi connectivity index (χ0v) is 11.4. The number of rotatable bonds is 4. The van der Waals surface area contributed by atoms with E-state index in [4.69, 9.17) is 0 Å². The topological polar surface area (TPSA) is 38.7 Å². The molecule has 1 heterocycles. The first-order chi connectivity index (χ1) is 8.00. The Kier molecular flexibility index (Phi) is 4.08. The minimum absolute atomic E-state index is 0.0577. The van der Waals surface area contributed by atoms with Gasteiger partial charge < -0.3 is 15.3 Å². The summed E-state index contributed by atoms with van der Waals surface area (Å²) >= 11 is 0. The van der Waals surface area contributed by atoms with E-state index in [1.54, 1.807) is 0 Å². The maximum Gasteiger partial charge on any atom is 0.0621 e. The number of aliphatic hydroxyl groups excluding tert-OH is 1. The van der Waals surface area contributed by atoms with Crippen LogP contribution in [0, 0.1) is 5.41 Å². The maximum absolute atomic E-state index is 9.67. The van der Waals surface area contributed by atoms with Crippen molar-refractivity contribution in [2.45, 2.75) is 32.4 Å². The fourth-order valence-corrected chi connectivity index (χ4v) is 2.72. The van der Waals surface area contributed by atoms with Gasteiger partial charge in [-0.25, -0.2) is 0 Å². The van der Waals surface area contributed by atoms with E-state index < -0.39 is 0 Å². The number of nitrogens with zero attached hydrogens (tertiary/aromatic N) is 2. The van der Waals surface area contributed by atoms with Crippen LogP contribution in [0.15, 0.2) is 0 Å². The molecule has 1 saturated heterocycles. The van der Waals surface area contributed by atoms with Crippen LogP contribution in [0.3, 0.4) is 0 Å². The smallest absolute Gasteiger partial charge is 0.0621 e. The summed E-state index contributed by atoms with van der Waals surface area (Å²) in [6.07, 6.45) is 0.791. The second kappa shape index (κ2) is 5.22. The Bertz CT molecular complexity index is 249. The van der Waals surface area contributed by atoms with Crippen molar-refractivity contribution in [2.75, 3.05) is 46.3 Å². The first-order valence-electron chi connectivity index (χ1n) is 6.82. The summed E-state index contributed by atoms with van der Waals surface area (Å²) in [6.45, 7) is 11.2. The molecule has 1 aliphatic heterocycles. The molecule has 2 N–H and O–H groups in total. The van der Waals surface area contributed by atoms with Gasteiger partial charge in [-0.1, -0.05) is 13.8 Å². The number of hydrogen-bond acceptors (Lipinski definition) is 4. The highest BCUT2D eigenvalue weighted by molar-refractivity contribution is 5.01. The van der Waals surface area contributed by atoms with Crippen molar-refractivity contribution in [3.8, 4) is 0 Å². The van der Waals surface area contributed by atoms with Gasteiger partial charge in [0.2, 0.25) is 0 Å². The Morgan fingerprint density at radius 1 is 1.24 bits per heavy atom. The van der Waals surface area contributed by atoms with Gasteiger partial charge in [0, 0.05) is 50.7 Å². The molecule has 0 spiro atoms. The van der Waals surface area contributed by atoms with Gasteiger partial charge in [0.1, 0.15) is 0 Å². The monoisotopic (exact) mass is 241 g/mol. The van der Waals surface area contributed by atoms with Crippen LogP contribution in [-0.4, -0.2) is 73.4 Å². The molecule has 0 bridgehead atoms.